The van der Waals surface area contributed by atoms with E-state index in [1.807, 2.05) is 49.4 Å². The molecule has 1 heterocycles. The standard InChI is InChI=1S/C24H32ClN3O3/c1-2-26-23(28-17-24(11-13-29)12-14-30-18-24)27-15-19-7-3-4-8-20(19)16-31-22-10-6-5-9-21(22)25/h3-10,29H,2,11-18H2,1H3,(H2,26,27,28). The average Bonchev–Trinajstić information content (AvgIpc) is 3.25. The number of nitrogens with zero attached hydrogens (tertiary/aromatic N) is 1. The van der Waals surface area contributed by atoms with Crippen molar-refractivity contribution in [3.63, 3.8) is 0 Å². The van der Waals surface area contributed by atoms with E-state index >= 15 is 0 Å². The van der Waals surface area contributed by atoms with Crippen LogP contribution in [0.3, 0.4) is 0 Å². The van der Waals surface area contributed by atoms with Gasteiger partial charge in [0.25, 0.3) is 0 Å². The number of benzene rings is 2. The highest BCUT2D eigenvalue weighted by Crippen LogP contribution is 2.31. The lowest BCUT2D eigenvalue weighted by Crippen LogP contribution is -2.44. The van der Waals surface area contributed by atoms with Crippen LogP contribution in [0.4, 0.5) is 0 Å². The third-order valence-electron chi connectivity index (χ3n) is 5.55. The van der Waals surface area contributed by atoms with Gasteiger partial charge in [0.1, 0.15) is 12.4 Å². The highest BCUT2D eigenvalue weighted by atomic mass is 35.5. The van der Waals surface area contributed by atoms with Crippen LogP contribution in [0.5, 0.6) is 5.75 Å². The monoisotopic (exact) mass is 445 g/mol. The van der Waals surface area contributed by atoms with Gasteiger partial charge in [-0.05, 0) is 43.0 Å². The molecule has 3 N–H and O–H groups in total. The number of nitrogens with one attached hydrogen (secondary N) is 2. The van der Waals surface area contributed by atoms with E-state index in [1.54, 1.807) is 0 Å². The van der Waals surface area contributed by atoms with Gasteiger partial charge >= 0.3 is 0 Å². The van der Waals surface area contributed by atoms with Gasteiger partial charge in [0.05, 0.1) is 18.2 Å². The number of aliphatic hydroxyl groups is 1. The summed E-state index contributed by atoms with van der Waals surface area (Å²) >= 11 is 6.20. The van der Waals surface area contributed by atoms with E-state index in [2.05, 4.69) is 16.7 Å². The zero-order chi connectivity index (χ0) is 21.9. The normalized spacial score (nSPS) is 18.7. The van der Waals surface area contributed by atoms with Crippen LogP contribution in [-0.4, -0.2) is 44.0 Å². The van der Waals surface area contributed by atoms with E-state index in [0.717, 1.165) is 49.6 Å². The Kier molecular flexibility index (Phi) is 9.00. The van der Waals surface area contributed by atoms with Gasteiger partial charge in [0, 0.05) is 31.7 Å². The summed E-state index contributed by atoms with van der Waals surface area (Å²) in [5.74, 6) is 1.43. The molecular weight excluding hydrogens is 414 g/mol. The maximum atomic E-state index is 9.44. The molecule has 0 amide bonds. The number of hydrogen-bond donors (Lipinski definition) is 3. The summed E-state index contributed by atoms with van der Waals surface area (Å²) in [5, 5.41) is 16.8. The molecule has 3 rings (SSSR count). The summed E-state index contributed by atoms with van der Waals surface area (Å²) < 4.78 is 11.5. The fourth-order valence-electron chi connectivity index (χ4n) is 3.66. The second-order valence-corrected chi connectivity index (χ2v) is 8.22. The maximum Gasteiger partial charge on any atom is 0.191 e. The first kappa shape index (κ1) is 23.4. The molecule has 0 bridgehead atoms. The van der Waals surface area contributed by atoms with E-state index in [4.69, 9.17) is 26.1 Å². The number of hydrogen-bond acceptors (Lipinski definition) is 4. The van der Waals surface area contributed by atoms with Crippen LogP contribution in [-0.2, 0) is 17.9 Å². The summed E-state index contributed by atoms with van der Waals surface area (Å²) in [6, 6.07) is 15.6. The molecule has 1 aliphatic heterocycles. The highest BCUT2D eigenvalue weighted by molar-refractivity contribution is 6.32. The van der Waals surface area contributed by atoms with Gasteiger partial charge in [-0.1, -0.05) is 48.0 Å². The van der Waals surface area contributed by atoms with E-state index in [1.165, 1.54) is 0 Å². The quantitative estimate of drug-likeness (QED) is 0.383. The van der Waals surface area contributed by atoms with Crippen LogP contribution >= 0.6 is 11.6 Å². The molecule has 0 saturated carbocycles. The Morgan fingerprint density at radius 1 is 1.16 bits per heavy atom. The number of guanidine groups is 1. The minimum Gasteiger partial charge on any atom is -0.487 e. The van der Waals surface area contributed by atoms with Crippen LogP contribution in [0.15, 0.2) is 53.5 Å². The SMILES string of the molecule is CCNC(=NCc1ccccc1COc1ccccc1Cl)NCC1(CCO)CCOC1. The maximum absolute atomic E-state index is 9.44. The van der Waals surface area contributed by atoms with Crippen molar-refractivity contribution in [1.29, 1.82) is 0 Å². The Morgan fingerprint density at radius 2 is 1.94 bits per heavy atom. The number of aliphatic imine (C=N–C) groups is 1. The van der Waals surface area contributed by atoms with Gasteiger partial charge in [0.2, 0.25) is 0 Å². The molecule has 1 saturated heterocycles. The highest BCUT2D eigenvalue weighted by Gasteiger charge is 2.34. The van der Waals surface area contributed by atoms with E-state index in [-0.39, 0.29) is 12.0 Å². The third-order valence-corrected chi connectivity index (χ3v) is 5.86. The second-order valence-electron chi connectivity index (χ2n) is 7.81. The number of para-hydroxylation sites is 1. The molecule has 1 fully saturated rings. The molecule has 1 atom stereocenters. The van der Waals surface area contributed by atoms with E-state index in [0.29, 0.717) is 30.5 Å². The number of halogens is 1. The van der Waals surface area contributed by atoms with E-state index in [9.17, 15) is 5.11 Å². The van der Waals surface area contributed by atoms with Crippen LogP contribution in [0.1, 0.15) is 30.9 Å². The van der Waals surface area contributed by atoms with Crippen LogP contribution in [0, 0.1) is 5.41 Å². The molecular formula is C24H32ClN3O3. The lowest BCUT2D eigenvalue weighted by Gasteiger charge is -2.27. The van der Waals surface area contributed by atoms with Crippen molar-refractivity contribution in [2.45, 2.75) is 32.9 Å². The molecule has 2 aromatic rings. The smallest absolute Gasteiger partial charge is 0.191 e. The Morgan fingerprint density at radius 3 is 2.65 bits per heavy atom. The fourth-order valence-corrected chi connectivity index (χ4v) is 3.85. The number of rotatable bonds is 10. The first-order valence-corrected chi connectivity index (χ1v) is 11.2. The van der Waals surface area contributed by atoms with Crippen molar-refractivity contribution in [3.8, 4) is 5.75 Å². The predicted octanol–water partition coefficient (Wildman–Crippen LogP) is 3.76. The fraction of sp³-hybridized carbons (Fsp3) is 0.458. The molecule has 1 aliphatic rings. The van der Waals surface area contributed by atoms with Crippen molar-refractivity contribution in [2.24, 2.45) is 10.4 Å². The Bertz CT molecular complexity index is 853. The van der Waals surface area contributed by atoms with Gasteiger partial charge in [-0.2, -0.15) is 0 Å². The molecule has 7 heteroatoms. The van der Waals surface area contributed by atoms with Gasteiger partial charge in [-0.3, -0.25) is 0 Å². The number of ether oxygens (including phenoxy) is 2. The lowest BCUT2D eigenvalue weighted by molar-refractivity contribution is 0.127. The van der Waals surface area contributed by atoms with Gasteiger partial charge in [0.15, 0.2) is 5.96 Å². The van der Waals surface area contributed by atoms with Gasteiger partial charge < -0.3 is 25.2 Å². The molecule has 0 aromatic heterocycles. The predicted molar refractivity (Wildman–Crippen MR) is 125 cm³/mol. The van der Waals surface area contributed by atoms with Gasteiger partial charge in [-0.15, -0.1) is 0 Å². The zero-order valence-electron chi connectivity index (χ0n) is 18.1. The summed E-state index contributed by atoms with van der Waals surface area (Å²) in [5.41, 5.74) is 2.13. The van der Waals surface area contributed by atoms with Crippen molar-refractivity contribution < 1.29 is 14.6 Å². The average molecular weight is 446 g/mol. The molecule has 0 aliphatic carbocycles. The summed E-state index contributed by atoms with van der Waals surface area (Å²) in [7, 11) is 0. The van der Waals surface area contributed by atoms with Crippen LogP contribution in [0.2, 0.25) is 5.02 Å². The topological polar surface area (TPSA) is 75.1 Å². The number of aliphatic hydroxyl groups excluding tert-OH is 1. The Balaban J connectivity index is 1.64. The molecule has 31 heavy (non-hydrogen) atoms. The molecule has 6 nitrogen and oxygen atoms in total. The Labute approximate surface area is 189 Å². The van der Waals surface area contributed by atoms with Crippen molar-refractivity contribution in [1.82, 2.24) is 10.6 Å². The summed E-state index contributed by atoms with van der Waals surface area (Å²) in [4.78, 5) is 4.78. The minimum absolute atomic E-state index is 0.0361. The van der Waals surface area contributed by atoms with Gasteiger partial charge in [-0.25, -0.2) is 4.99 Å². The van der Waals surface area contributed by atoms with E-state index < -0.39 is 0 Å². The largest absolute Gasteiger partial charge is 0.487 e. The molecule has 1 unspecified atom stereocenters. The Hall–Kier alpha value is -2.28. The molecule has 2 aromatic carbocycles. The summed E-state index contributed by atoms with van der Waals surface area (Å²) in [6.45, 7) is 6.07. The molecule has 168 valence electrons. The van der Waals surface area contributed by atoms with Crippen molar-refractivity contribution in [2.75, 3.05) is 32.9 Å². The lowest BCUT2D eigenvalue weighted by atomic mass is 9.84. The molecule has 0 radical (unpaired) electrons. The third kappa shape index (κ3) is 6.86. The minimum atomic E-state index is -0.0361. The second kappa shape index (κ2) is 11.9. The van der Waals surface area contributed by atoms with Crippen molar-refractivity contribution in [3.05, 3.63) is 64.7 Å². The van der Waals surface area contributed by atoms with Crippen LogP contribution in [0.25, 0.3) is 0 Å². The first-order valence-electron chi connectivity index (χ1n) is 10.8. The van der Waals surface area contributed by atoms with Crippen molar-refractivity contribution >= 4 is 17.6 Å². The van der Waals surface area contributed by atoms with Crippen LogP contribution < -0.4 is 15.4 Å². The summed E-state index contributed by atoms with van der Waals surface area (Å²) in [6.07, 6.45) is 1.67. The first-order chi connectivity index (χ1) is 15.2. The zero-order valence-corrected chi connectivity index (χ0v) is 18.8. The molecule has 0 spiro atoms.